The third-order valence-electron chi connectivity index (χ3n) is 17.5. The first-order chi connectivity index (χ1) is 50.7. The molecule has 0 spiro atoms. The highest BCUT2D eigenvalue weighted by Gasteiger charge is 2.30. The quantitative estimate of drug-likeness (QED) is 0.0169. The number of hydrogen-bond donors (Lipinski definition) is 3. The largest absolute Gasteiger partial charge is 0.472 e. The Morgan fingerprint density at radius 2 is 0.500 bits per heavy atom. The first kappa shape index (κ1) is 100.0. The fourth-order valence-corrected chi connectivity index (χ4v) is 12.8. The zero-order valence-corrected chi connectivity index (χ0v) is 67.7. The van der Waals surface area contributed by atoms with Crippen molar-refractivity contribution in [2.45, 2.75) is 380 Å². The summed E-state index contributed by atoms with van der Waals surface area (Å²) in [6.07, 6.45) is 82.3. The maximum Gasteiger partial charge on any atom is 0.472 e. The molecule has 0 bridgehead atoms. The van der Waals surface area contributed by atoms with Gasteiger partial charge in [-0.3, -0.25) is 37.3 Å². The van der Waals surface area contributed by atoms with Crippen LogP contribution in [0, 0.1) is 0 Å². The molecule has 0 saturated carbocycles. The average Bonchev–Trinajstić information content (AvgIpc) is 0.918. The normalized spacial score (nSPS) is 14.3. The van der Waals surface area contributed by atoms with Crippen LogP contribution in [0.4, 0.5) is 0 Å². The molecule has 5 atom stereocenters. The van der Waals surface area contributed by atoms with E-state index in [0.29, 0.717) is 25.7 Å². The molecule has 0 radical (unpaired) electrons. The number of hydrogen-bond acceptors (Lipinski definition) is 15. The Labute approximate surface area is 633 Å². The number of esters is 4. The molecule has 19 heteroatoms. The maximum atomic E-state index is 13.1. The standard InChI is InChI=1S/C85H150O17P2/c1-5-9-13-17-21-25-29-33-37-38-39-40-44-46-50-54-58-62-66-70-83(88)96-76-81(102-85(90)72-68-64-60-56-52-48-43-36-32-28-24-20-16-12-8-4)78-100-104(93,94)98-74-79(86)73-97-103(91,92)99-77-80(101-84(89)71-67-63-59-55-51-47-42-35-31-27-23-19-15-11-7-3)75-95-82(87)69-65-61-57-53-49-45-41-34-30-26-22-18-14-10-6-2/h9,13,21,25,27-28,31-34,37,39-41,46,50,79-81,86H,5-8,10-12,14-20,22-24,26,29-30,35-36,38,42-45,47-49,51-78H2,1-4H3,(H,91,92)(H,93,94)/b13-9-,25-21-,31-27-,32-28-,37-33-,40-39-,41-34-,50-46-/t79-,80+,81+/m0/s1. The van der Waals surface area contributed by atoms with Gasteiger partial charge >= 0.3 is 39.5 Å². The van der Waals surface area contributed by atoms with E-state index in [2.05, 4.69) is 125 Å². The van der Waals surface area contributed by atoms with Crippen LogP contribution < -0.4 is 0 Å². The molecule has 0 aromatic rings. The number of aliphatic hydroxyl groups excluding tert-OH is 1. The van der Waals surface area contributed by atoms with E-state index in [1.165, 1.54) is 89.9 Å². The first-order valence-corrected chi connectivity index (χ1v) is 44.5. The van der Waals surface area contributed by atoms with Crippen molar-refractivity contribution in [3.8, 4) is 0 Å². The van der Waals surface area contributed by atoms with Gasteiger partial charge in [-0.05, 0) is 148 Å². The molecule has 3 N–H and O–H groups in total. The first-order valence-electron chi connectivity index (χ1n) is 41.5. The van der Waals surface area contributed by atoms with Crippen molar-refractivity contribution < 1.29 is 80.2 Å². The molecule has 2 unspecified atom stereocenters. The minimum Gasteiger partial charge on any atom is -0.462 e. The van der Waals surface area contributed by atoms with E-state index >= 15 is 0 Å². The highest BCUT2D eigenvalue weighted by molar-refractivity contribution is 7.47. The van der Waals surface area contributed by atoms with Gasteiger partial charge in [-0.2, -0.15) is 0 Å². The van der Waals surface area contributed by atoms with E-state index in [-0.39, 0.29) is 25.7 Å². The monoisotopic (exact) mass is 1510 g/mol. The van der Waals surface area contributed by atoms with Crippen LogP contribution in [0.25, 0.3) is 0 Å². The van der Waals surface area contributed by atoms with Crippen LogP contribution in [0.15, 0.2) is 97.2 Å². The molecule has 602 valence electrons. The minimum absolute atomic E-state index is 0.0825. The number of carbonyl (C=O) groups is 4. The number of unbranched alkanes of at least 4 members (excludes halogenated alkanes) is 36. The van der Waals surface area contributed by atoms with Gasteiger partial charge in [0.25, 0.3) is 0 Å². The molecule has 0 aromatic carbocycles. The van der Waals surface area contributed by atoms with Gasteiger partial charge < -0.3 is 33.8 Å². The van der Waals surface area contributed by atoms with Crippen molar-refractivity contribution in [3.05, 3.63) is 97.2 Å². The molecular weight excluding hydrogens is 1350 g/mol. The smallest absolute Gasteiger partial charge is 0.462 e. The molecule has 0 fully saturated rings. The van der Waals surface area contributed by atoms with Crippen molar-refractivity contribution in [3.63, 3.8) is 0 Å². The van der Waals surface area contributed by atoms with Gasteiger partial charge in [-0.25, -0.2) is 9.13 Å². The van der Waals surface area contributed by atoms with Crippen molar-refractivity contribution in [1.82, 2.24) is 0 Å². The highest BCUT2D eigenvalue weighted by atomic mass is 31.2. The Bertz CT molecular complexity index is 2350. The summed E-state index contributed by atoms with van der Waals surface area (Å²) in [6, 6.07) is 0. The fraction of sp³-hybridized carbons (Fsp3) is 0.765. The molecule has 0 aliphatic heterocycles. The summed E-state index contributed by atoms with van der Waals surface area (Å²) in [5, 5.41) is 10.7. The van der Waals surface area contributed by atoms with Crippen LogP contribution >= 0.6 is 15.6 Å². The van der Waals surface area contributed by atoms with Crippen LogP contribution in [-0.2, 0) is 65.4 Å². The Morgan fingerprint density at radius 1 is 0.279 bits per heavy atom. The lowest BCUT2D eigenvalue weighted by Crippen LogP contribution is -2.30. The Morgan fingerprint density at radius 3 is 0.798 bits per heavy atom. The Hall–Kier alpha value is -4.02. The zero-order valence-electron chi connectivity index (χ0n) is 65.9. The number of ether oxygens (including phenoxy) is 4. The van der Waals surface area contributed by atoms with Crippen LogP contribution in [0.5, 0.6) is 0 Å². The lowest BCUT2D eigenvalue weighted by atomic mass is 10.1. The molecule has 0 aliphatic rings. The van der Waals surface area contributed by atoms with Gasteiger partial charge in [0.15, 0.2) is 12.2 Å². The summed E-state index contributed by atoms with van der Waals surface area (Å²) in [5.74, 6) is -2.21. The van der Waals surface area contributed by atoms with E-state index in [1.54, 1.807) is 0 Å². The molecular formula is C85H150O17P2. The number of rotatable bonds is 78. The topological polar surface area (TPSA) is 237 Å². The van der Waals surface area contributed by atoms with Crippen LogP contribution in [0.1, 0.15) is 362 Å². The van der Waals surface area contributed by atoms with Gasteiger partial charge in [-0.15, -0.1) is 0 Å². The molecule has 0 amide bonds. The third kappa shape index (κ3) is 76.2. The van der Waals surface area contributed by atoms with Crippen molar-refractivity contribution >= 4 is 39.5 Å². The van der Waals surface area contributed by atoms with E-state index in [4.69, 9.17) is 37.0 Å². The number of aliphatic hydroxyl groups is 1. The number of allylic oxidation sites excluding steroid dienone is 16. The Kier molecular flexibility index (Phi) is 74.2. The molecule has 17 nitrogen and oxygen atoms in total. The molecule has 0 aliphatic carbocycles. The van der Waals surface area contributed by atoms with Gasteiger partial charge in [0.05, 0.1) is 26.4 Å². The SMILES string of the molecule is CC/C=C\C/C=C\C/C=C\C/C=C\C/C=C\CCCCCC(=O)OC[C@H](COP(=O)(O)OC[C@@H](O)COP(=O)(O)OC[C@@H](COC(=O)CCCCCCC/C=C\CCCCCCCC)OC(=O)CCCCCCCCC/C=C\CCCCCC)OC(=O)CCCCCCCCC/C=C\CCCCCC. The van der Waals surface area contributed by atoms with Crippen molar-refractivity contribution in [1.29, 1.82) is 0 Å². The van der Waals surface area contributed by atoms with Crippen LogP contribution in [-0.4, -0.2) is 96.7 Å². The fourth-order valence-electron chi connectivity index (χ4n) is 11.2. The second-order valence-corrected chi connectivity index (χ2v) is 30.6. The second kappa shape index (κ2) is 77.1. The number of phosphoric ester groups is 2. The summed E-state index contributed by atoms with van der Waals surface area (Å²) in [4.78, 5) is 73.1. The number of carbonyl (C=O) groups excluding carboxylic acids is 4. The summed E-state index contributed by atoms with van der Waals surface area (Å²) >= 11 is 0. The molecule has 0 heterocycles. The predicted molar refractivity (Wildman–Crippen MR) is 427 cm³/mol. The summed E-state index contributed by atoms with van der Waals surface area (Å²) < 4.78 is 68.7. The van der Waals surface area contributed by atoms with E-state index < -0.39 is 97.5 Å². The third-order valence-corrected chi connectivity index (χ3v) is 19.4. The van der Waals surface area contributed by atoms with Crippen LogP contribution in [0.2, 0.25) is 0 Å². The lowest BCUT2D eigenvalue weighted by Gasteiger charge is -2.21. The summed E-state index contributed by atoms with van der Waals surface area (Å²) in [6.45, 7) is 4.73. The van der Waals surface area contributed by atoms with E-state index in [9.17, 15) is 43.2 Å². The van der Waals surface area contributed by atoms with Gasteiger partial charge in [0.1, 0.15) is 19.3 Å². The van der Waals surface area contributed by atoms with Gasteiger partial charge in [-0.1, -0.05) is 285 Å². The average molecular weight is 1510 g/mol. The zero-order chi connectivity index (χ0) is 76.0. The summed E-state index contributed by atoms with van der Waals surface area (Å²) in [5.41, 5.74) is 0. The second-order valence-electron chi connectivity index (χ2n) is 27.7. The molecule has 104 heavy (non-hydrogen) atoms. The predicted octanol–water partition coefficient (Wildman–Crippen LogP) is 24.3. The van der Waals surface area contributed by atoms with Crippen molar-refractivity contribution in [2.24, 2.45) is 0 Å². The molecule has 0 saturated heterocycles. The molecule has 0 rings (SSSR count). The summed E-state index contributed by atoms with van der Waals surface area (Å²) in [7, 11) is -9.97. The maximum absolute atomic E-state index is 13.1. The highest BCUT2D eigenvalue weighted by Crippen LogP contribution is 2.45. The Balaban J connectivity index is 5.38. The van der Waals surface area contributed by atoms with Crippen LogP contribution in [0.3, 0.4) is 0 Å². The van der Waals surface area contributed by atoms with E-state index in [1.807, 2.05) is 0 Å². The van der Waals surface area contributed by atoms with Gasteiger partial charge in [0.2, 0.25) is 0 Å². The number of phosphoric acid groups is 2. The molecule has 0 aromatic heterocycles. The van der Waals surface area contributed by atoms with Crippen molar-refractivity contribution in [2.75, 3.05) is 39.6 Å². The lowest BCUT2D eigenvalue weighted by molar-refractivity contribution is -0.161. The van der Waals surface area contributed by atoms with Gasteiger partial charge in [0, 0.05) is 25.7 Å². The van der Waals surface area contributed by atoms with E-state index in [0.717, 1.165) is 193 Å². The minimum atomic E-state index is -4.99.